The molecule has 13 heavy (non-hydrogen) atoms. The van der Waals surface area contributed by atoms with Crippen molar-refractivity contribution in [1.82, 2.24) is 0 Å². The summed E-state index contributed by atoms with van der Waals surface area (Å²) in [6.07, 6.45) is 0. The topological polar surface area (TPSA) is 9.23 Å². The Balaban J connectivity index is 2.86. The van der Waals surface area contributed by atoms with E-state index in [1.54, 1.807) is 0 Å². The van der Waals surface area contributed by atoms with E-state index in [9.17, 15) is 0 Å². The van der Waals surface area contributed by atoms with Crippen LogP contribution in [0.25, 0.3) is 0 Å². The second-order valence-corrected chi connectivity index (χ2v) is 9.41. The molecule has 0 atom stereocenters. The summed E-state index contributed by atoms with van der Waals surface area (Å²) in [5.41, 5.74) is 1.24. The van der Waals surface area contributed by atoms with Gasteiger partial charge in [0.25, 0.3) is 0 Å². The fraction of sp³-hybridized carbons (Fsp3) is 0.400. The maximum absolute atomic E-state index is 5.85. The lowest BCUT2D eigenvalue weighted by molar-refractivity contribution is 0.557. The SMILES string of the molecule is Cc1ccc(O[Si](C)(C)C)cc1Br. The first-order chi connectivity index (χ1) is 5.88. The molecule has 0 aromatic heterocycles. The van der Waals surface area contributed by atoms with E-state index in [0.717, 1.165) is 10.2 Å². The summed E-state index contributed by atoms with van der Waals surface area (Å²) in [5, 5.41) is 0. The van der Waals surface area contributed by atoms with Gasteiger partial charge < -0.3 is 4.43 Å². The molecule has 3 heteroatoms. The lowest BCUT2D eigenvalue weighted by Gasteiger charge is -2.19. The Hall–Kier alpha value is -0.283. The molecular formula is C10H15BrOSi. The molecule has 0 N–H and O–H groups in total. The van der Waals surface area contributed by atoms with Crippen molar-refractivity contribution in [3.05, 3.63) is 28.2 Å². The molecule has 1 nitrogen and oxygen atoms in total. The molecule has 0 saturated carbocycles. The minimum Gasteiger partial charge on any atom is -0.544 e. The molecule has 0 heterocycles. The van der Waals surface area contributed by atoms with Gasteiger partial charge in [0.05, 0.1) is 0 Å². The van der Waals surface area contributed by atoms with Crippen LogP contribution in [0.4, 0.5) is 0 Å². The molecule has 0 aliphatic heterocycles. The van der Waals surface area contributed by atoms with Crippen LogP contribution in [0.3, 0.4) is 0 Å². The first-order valence-electron chi connectivity index (χ1n) is 4.34. The molecule has 0 fully saturated rings. The third kappa shape index (κ3) is 3.52. The van der Waals surface area contributed by atoms with Crippen LogP contribution in [-0.2, 0) is 0 Å². The lowest BCUT2D eigenvalue weighted by Crippen LogP contribution is -2.29. The van der Waals surface area contributed by atoms with Crippen LogP contribution in [0, 0.1) is 6.92 Å². The summed E-state index contributed by atoms with van der Waals surface area (Å²) < 4.78 is 6.96. The molecule has 0 bridgehead atoms. The second kappa shape index (κ2) is 3.84. The summed E-state index contributed by atoms with van der Waals surface area (Å²) in [7, 11) is -1.46. The minimum atomic E-state index is -1.46. The van der Waals surface area contributed by atoms with E-state index in [2.05, 4.69) is 48.6 Å². The molecule has 1 rings (SSSR count). The molecule has 72 valence electrons. The van der Waals surface area contributed by atoms with E-state index < -0.39 is 8.32 Å². The van der Waals surface area contributed by atoms with Gasteiger partial charge in [-0.15, -0.1) is 0 Å². The molecule has 0 amide bonds. The fourth-order valence-electron chi connectivity index (χ4n) is 0.991. The molecule has 0 aliphatic rings. The molecule has 0 aliphatic carbocycles. The molecule has 0 radical (unpaired) electrons. The Kier molecular flexibility index (Phi) is 3.19. The highest BCUT2D eigenvalue weighted by molar-refractivity contribution is 9.10. The van der Waals surface area contributed by atoms with E-state index >= 15 is 0 Å². The predicted octanol–water partition coefficient (Wildman–Crippen LogP) is 3.97. The third-order valence-electron chi connectivity index (χ3n) is 1.57. The largest absolute Gasteiger partial charge is 0.544 e. The monoisotopic (exact) mass is 258 g/mol. The molecule has 0 unspecified atom stereocenters. The number of aryl methyl sites for hydroxylation is 1. The highest BCUT2D eigenvalue weighted by Gasteiger charge is 2.16. The van der Waals surface area contributed by atoms with Crippen LogP contribution in [0.2, 0.25) is 19.6 Å². The van der Waals surface area contributed by atoms with Gasteiger partial charge in [-0.05, 0) is 44.3 Å². The van der Waals surface area contributed by atoms with Gasteiger partial charge in [0.15, 0.2) is 0 Å². The van der Waals surface area contributed by atoms with Crippen molar-refractivity contribution in [2.75, 3.05) is 0 Å². The Morgan fingerprint density at radius 1 is 1.23 bits per heavy atom. The van der Waals surface area contributed by atoms with E-state index in [0.29, 0.717) is 0 Å². The highest BCUT2D eigenvalue weighted by atomic mass is 79.9. The van der Waals surface area contributed by atoms with Crippen LogP contribution in [0.1, 0.15) is 5.56 Å². The fourth-order valence-corrected chi connectivity index (χ4v) is 2.18. The van der Waals surface area contributed by atoms with Crippen LogP contribution in [0.15, 0.2) is 22.7 Å². The van der Waals surface area contributed by atoms with Crippen molar-refractivity contribution in [3.8, 4) is 5.75 Å². The van der Waals surface area contributed by atoms with Crippen molar-refractivity contribution in [2.24, 2.45) is 0 Å². The first-order valence-corrected chi connectivity index (χ1v) is 8.54. The number of benzene rings is 1. The predicted molar refractivity (Wildman–Crippen MR) is 62.9 cm³/mol. The zero-order chi connectivity index (χ0) is 10.1. The molecular weight excluding hydrogens is 244 g/mol. The van der Waals surface area contributed by atoms with Crippen molar-refractivity contribution >= 4 is 24.2 Å². The van der Waals surface area contributed by atoms with E-state index in [1.807, 2.05) is 12.1 Å². The van der Waals surface area contributed by atoms with Gasteiger partial charge in [-0.25, -0.2) is 0 Å². The van der Waals surface area contributed by atoms with Gasteiger partial charge in [-0.3, -0.25) is 0 Å². The van der Waals surface area contributed by atoms with Crippen molar-refractivity contribution in [2.45, 2.75) is 26.6 Å². The standard InChI is InChI=1S/C10H15BrOSi/c1-8-5-6-9(7-10(8)11)12-13(2,3)4/h5-7H,1-4H3. The maximum Gasteiger partial charge on any atom is 0.242 e. The highest BCUT2D eigenvalue weighted by Crippen LogP contribution is 2.24. The van der Waals surface area contributed by atoms with Crippen LogP contribution >= 0.6 is 15.9 Å². The van der Waals surface area contributed by atoms with E-state index in [4.69, 9.17) is 4.43 Å². The zero-order valence-corrected chi connectivity index (χ0v) is 11.1. The summed E-state index contributed by atoms with van der Waals surface area (Å²) in [6.45, 7) is 8.62. The van der Waals surface area contributed by atoms with Crippen LogP contribution in [-0.4, -0.2) is 8.32 Å². The minimum absolute atomic E-state index is 0.969. The maximum atomic E-state index is 5.85. The van der Waals surface area contributed by atoms with Crippen LogP contribution < -0.4 is 4.43 Å². The summed E-state index contributed by atoms with van der Waals surface area (Å²) in [6, 6.07) is 6.13. The molecule has 1 aromatic carbocycles. The van der Waals surface area contributed by atoms with Crippen molar-refractivity contribution < 1.29 is 4.43 Å². The van der Waals surface area contributed by atoms with Crippen LogP contribution in [0.5, 0.6) is 5.75 Å². The van der Waals surface area contributed by atoms with Gasteiger partial charge in [0.1, 0.15) is 5.75 Å². The third-order valence-corrected chi connectivity index (χ3v) is 3.27. The van der Waals surface area contributed by atoms with Gasteiger partial charge in [0.2, 0.25) is 8.32 Å². The number of rotatable bonds is 2. The quantitative estimate of drug-likeness (QED) is 0.730. The first kappa shape index (κ1) is 10.8. The van der Waals surface area contributed by atoms with Gasteiger partial charge in [0, 0.05) is 4.47 Å². The summed E-state index contributed by atoms with van der Waals surface area (Å²) in [5.74, 6) is 0.969. The Morgan fingerprint density at radius 2 is 1.85 bits per heavy atom. The zero-order valence-electron chi connectivity index (χ0n) is 8.52. The van der Waals surface area contributed by atoms with E-state index in [1.165, 1.54) is 5.56 Å². The molecule has 0 saturated heterocycles. The Morgan fingerprint density at radius 3 is 2.31 bits per heavy atom. The second-order valence-electron chi connectivity index (χ2n) is 4.13. The number of halogens is 1. The summed E-state index contributed by atoms with van der Waals surface area (Å²) >= 11 is 3.49. The Labute approximate surface area is 89.4 Å². The number of hydrogen-bond donors (Lipinski definition) is 0. The summed E-state index contributed by atoms with van der Waals surface area (Å²) in [4.78, 5) is 0. The van der Waals surface area contributed by atoms with Crippen molar-refractivity contribution in [3.63, 3.8) is 0 Å². The van der Waals surface area contributed by atoms with Gasteiger partial charge in [-0.2, -0.15) is 0 Å². The number of hydrogen-bond acceptors (Lipinski definition) is 1. The average molecular weight is 259 g/mol. The normalized spacial score (nSPS) is 11.5. The Bertz CT molecular complexity index is 304. The smallest absolute Gasteiger partial charge is 0.242 e. The molecule has 0 spiro atoms. The van der Waals surface area contributed by atoms with Crippen molar-refractivity contribution in [1.29, 1.82) is 0 Å². The van der Waals surface area contributed by atoms with Gasteiger partial charge >= 0.3 is 0 Å². The average Bonchev–Trinajstić information content (AvgIpc) is 1.94. The molecule has 1 aromatic rings. The lowest BCUT2D eigenvalue weighted by atomic mass is 10.2. The van der Waals surface area contributed by atoms with E-state index in [-0.39, 0.29) is 0 Å². The van der Waals surface area contributed by atoms with Gasteiger partial charge in [-0.1, -0.05) is 22.0 Å².